The van der Waals surface area contributed by atoms with E-state index in [1.54, 1.807) is 0 Å². The topological polar surface area (TPSA) is 35.2 Å². The first-order valence-electron chi connectivity index (χ1n) is 5.18. The van der Waals surface area contributed by atoms with E-state index in [2.05, 4.69) is 6.92 Å². The molecule has 2 heteroatoms. The molecular weight excluding hydrogens is 150 g/mol. The molecule has 1 aliphatic rings. The van der Waals surface area contributed by atoms with Crippen LogP contribution in [0.4, 0.5) is 0 Å². The predicted molar refractivity (Wildman–Crippen MR) is 51.0 cm³/mol. The zero-order valence-corrected chi connectivity index (χ0v) is 8.09. The fourth-order valence-corrected chi connectivity index (χ4v) is 1.82. The van der Waals surface area contributed by atoms with Gasteiger partial charge in [-0.05, 0) is 25.2 Å². The van der Waals surface area contributed by atoms with E-state index in [1.807, 2.05) is 0 Å². The molecule has 0 aromatic heterocycles. The summed E-state index contributed by atoms with van der Waals surface area (Å²) in [6.45, 7) is 3.92. The van der Waals surface area contributed by atoms with Gasteiger partial charge in [-0.25, -0.2) is 0 Å². The van der Waals surface area contributed by atoms with Gasteiger partial charge in [0.15, 0.2) is 0 Å². The van der Waals surface area contributed by atoms with Crippen LogP contribution in [0.3, 0.4) is 0 Å². The van der Waals surface area contributed by atoms with Crippen molar-refractivity contribution < 1.29 is 4.74 Å². The van der Waals surface area contributed by atoms with E-state index in [4.69, 9.17) is 10.5 Å². The summed E-state index contributed by atoms with van der Waals surface area (Å²) >= 11 is 0. The van der Waals surface area contributed by atoms with E-state index in [-0.39, 0.29) is 0 Å². The quantitative estimate of drug-likeness (QED) is 0.656. The maximum absolute atomic E-state index is 5.98. The van der Waals surface area contributed by atoms with Crippen molar-refractivity contribution in [3.05, 3.63) is 0 Å². The highest BCUT2D eigenvalue weighted by molar-refractivity contribution is 4.77. The van der Waals surface area contributed by atoms with Crippen molar-refractivity contribution in [3.8, 4) is 0 Å². The number of hydrogen-bond donors (Lipinski definition) is 1. The van der Waals surface area contributed by atoms with Crippen molar-refractivity contribution in [2.45, 2.75) is 45.1 Å². The van der Waals surface area contributed by atoms with Gasteiger partial charge in [0.1, 0.15) is 0 Å². The minimum absolute atomic E-state index is 0.399. The molecule has 0 spiro atoms. The van der Waals surface area contributed by atoms with Gasteiger partial charge >= 0.3 is 0 Å². The maximum atomic E-state index is 5.98. The first-order chi connectivity index (χ1) is 5.84. The molecule has 1 fully saturated rings. The summed E-state index contributed by atoms with van der Waals surface area (Å²) < 4.78 is 5.51. The van der Waals surface area contributed by atoms with Crippen molar-refractivity contribution in [1.82, 2.24) is 0 Å². The van der Waals surface area contributed by atoms with Crippen molar-refractivity contribution in [3.63, 3.8) is 0 Å². The maximum Gasteiger partial charge on any atom is 0.0509 e. The molecule has 12 heavy (non-hydrogen) atoms. The number of rotatable bonds is 4. The fourth-order valence-electron chi connectivity index (χ4n) is 1.82. The van der Waals surface area contributed by atoms with Crippen LogP contribution in [0.5, 0.6) is 0 Å². The van der Waals surface area contributed by atoms with Crippen LogP contribution in [0, 0.1) is 5.92 Å². The molecule has 2 atom stereocenters. The third kappa shape index (κ3) is 3.11. The summed E-state index contributed by atoms with van der Waals surface area (Å²) in [6.07, 6.45) is 6.23. The monoisotopic (exact) mass is 171 g/mol. The Kier molecular flexibility index (Phi) is 4.62. The lowest BCUT2D eigenvalue weighted by molar-refractivity contribution is 0.0774. The second kappa shape index (κ2) is 5.55. The fraction of sp³-hybridized carbons (Fsp3) is 1.00. The van der Waals surface area contributed by atoms with Crippen molar-refractivity contribution in [2.75, 3.05) is 13.2 Å². The molecule has 0 aromatic carbocycles. The largest absolute Gasteiger partial charge is 0.381 e. The molecule has 1 rings (SSSR count). The van der Waals surface area contributed by atoms with Crippen LogP contribution >= 0.6 is 0 Å². The van der Waals surface area contributed by atoms with Crippen LogP contribution in [-0.2, 0) is 4.74 Å². The van der Waals surface area contributed by atoms with Crippen molar-refractivity contribution in [2.24, 2.45) is 11.7 Å². The Balaban J connectivity index is 2.11. The summed E-state index contributed by atoms with van der Waals surface area (Å²) in [7, 11) is 0. The van der Waals surface area contributed by atoms with E-state index in [0.717, 1.165) is 19.6 Å². The normalized spacial score (nSPS) is 30.5. The standard InChI is InChI=1S/C10H21NO/c1-2-7-12-8-9-5-3-4-6-10(9)11/h9-10H,2-8,11H2,1H3/t9-,10+/m0/s1. The molecular formula is C10H21NO. The predicted octanol–water partition coefficient (Wildman–Crippen LogP) is 1.93. The second-order valence-corrected chi connectivity index (χ2v) is 3.78. The lowest BCUT2D eigenvalue weighted by atomic mass is 9.86. The Morgan fingerprint density at radius 3 is 2.75 bits per heavy atom. The number of hydrogen-bond acceptors (Lipinski definition) is 2. The van der Waals surface area contributed by atoms with Gasteiger partial charge < -0.3 is 10.5 Å². The highest BCUT2D eigenvalue weighted by atomic mass is 16.5. The molecule has 2 N–H and O–H groups in total. The third-order valence-electron chi connectivity index (χ3n) is 2.65. The Hall–Kier alpha value is -0.0800. The van der Waals surface area contributed by atoms with Gasteiger partial charge in [0.2, 0.25) is 0 Å². The van der Waals surface area contributed by atoms with Gasteiger partial charge in [0, 0.05) is 12.6 Å². The lowest BCUT2D eigenvalue weighted by Gasteiger charge is -2.28. The van der Waals surface area contributed by atoms with Crippen LogP contribution in [0.25, 0.3) is 0 Å². The van der Waals surface area contributed by atoms with Gasteiger partial charge in [-0.1, -0.05) is 19.8 Å². The van der Waals surface area contributed by atoms with Crippen LogP contribution in [0.15, 0.2) is 0 Å². The second-order valence-electron chi connectivity index (χ2n) is 3.78. The van der Waals surface area contributed by atoms with Crippen molar-refractivity contribution in [1.29, 1.82) is 0 Å². The SMILES string of the molecule is CCCOC[C@@H]1CCCC[C@H]1N. The molecule has 72 valence electrons. The molecule has 1 saturated carbocycles. The van der Waals surface area contributed by atoms with E-state index >= 15 is 0 Å². The van der Waals surface area contributed by atoms with E-state index < -0.39 is 0 Å². The van der Waals surface area contributed by atoms with E-state index in [1.165, 1.54) is 25.7 Å². The van der Waals surface area contributed by atoms with Gasteiger partial charge in [0.25, 0.3) is 0 Å². The Bertz CT molecular complexity index is 116. The summed E-state index contributed by atoms with van der Waals surface area (Å²) in [5, 5.41) is 0. The molecule has 0 heterocycles. The van der Waals surface area contributed by atoms with E-state index in [9.17, 15) is 0 Å². The number of ether oxygens (including phenoxy) is 1. The van der Waals surface area contributed by atoms with Gasteiger partial charge in [0.05, 0.1) is 6.61 Å². The highest BCUT2D eigenvalue weighted by Crippen LogP contribution is 2.22. The summed E-state index contributed by atoms with van der Waals surface area (Å²) in [4.78, 5) is 0. The lowest BCUT2D eigenvalue weighted by Crippen LogP contribution is -2.35. The Morgan fingerprint density at radius 1 is 1.33 bits per heavy atom. The summed E-state index contributed by atoms with van der Waals surface area (Å²) in [6, 6.07) is 0.399. The third-order valence-corrected chi connectivity index (χ3v) is 2.65. The molecule has 0 aromatic rings. The highest BCUT2D eigenvalue weighted by Gasteiger charge is 2.21. The van der Waals surface area contributed by atoms with Gasteiger partial charge in [-0.2, -0.15) is 0 Å². The first kappa shape index (κ1) is 10.0. The van der Waals surface area contributed by atoms with Crippen molar-refractivity contribution >= 4 is 0 Å². The van der Waals surface area contributed by atoms with Crippen LogP contribution < -0.4 is 5.73 Å². The van der Waals surface area contributed by atoms with Gasteiger partial charge in [-0.15, -0.1) is 0 Å². The van der Waals surface area contributed by atoms with Gasteiger partial charge in [-0.3, -0.25) is 0 Å². The summed E-state index contributed by atoms with van der Waals surface area (Å²) in [5.74, 6) is 0.630. The van der Waals surface area contributed by atoms with Crippen LogP contribution in [-0.4, -0.2) is 19.3 Å². The smallest absolute Gasteiger partial charge is 0.0509 e. The average molecular weight is 171 g/mol. The molecule has 0 aliphatic heterocycles. The molecule has 1 aliphatic carbocycles. The first-order valence-corrected chi connectivity index (χ1v) is 5.18. The molecule has 0 unspecified atom stereocenters. The zero-order valence-electron chi connectivity index (χ0n) is 8.09. The molecule has 0 amide bonds. The zero-order chi connectivity index (χ0) is 8.81. The molecule has 0 saturated heterocycles. The Labute approximate surface area is 75.5 Å². The summed E-state index contributed by atoms with van der Waals surface area (Å²) in [5.41, 5.74) is 5.98. The number of nitrogens with two attached hydrogens (primary N) is 1. The average Bonchev–Trinajstić information content (AvgIpc) is 2.09. The molecule has 0 bridgehead atoms. The molecule has 2 nitrogen and oxygen atoms in total. The minimum Gasteiger partial charge on any atom is -0.381 e. The van der Waals surface area contributed by atoms with Crippen LogP contribution in [0.2, 0.25) is 0 Å². The molecule has 0 radical (unpaired) electrons. The van der Waals surface area contributed by atoms with Crippen LogP contribution in [0.1, 0.15) is 39.0 Å². The minimum atomic E-state index is 0.399. The Morgan fingerprint density at radius 2 is 2.08 bits per heavy atom. The van der Waals surface area contributed by atoms with E-state index in [0.29, 0.717) is 12.0 Å².